The predicted octanol–water partition coefficient (Wildman–Crippen LogP) is 1.21. The third-order valence-electron chi connectivity index (χ3n) is 7.29. The van der Waals surface area contributed by atoms with Gasteiger partial charge in [-0.15, -0.1) is 13.2 Å². The zero-order chi connectivity index (χ0) is 11.7. The highest BCUT2D eigenvalue weighted by Gasteiger charge is 2.89. The van der Waals surface area contributed by atoms with Gasteiger partial charge < -0.3 is 10.2 Å². The molecule has 0 heterocycles. The third-order valence-corrected chi connectivity index (χ3v) is 7.29. The fraction of sp³-hybridized carbons (Fsp3) is 0.733. The van der Waals surface area contributed by atoms with Gasteiger partial charge in [-0.1, -0.05) is 12.2 Å². The molecule has 0 saturated heterocycles. The number of rotatable bonds is 2. The van der Waals surface area contributed by atoms with Gasteiger partial charge in [0.2, 0.25) is 0 Å². The molecule has 0 aromatic rings. The second-order valence-corrected chi connectivity index (χ2v) is 7.00. The zero-order valence-corrected chi connectivity index (χ0v) is 9.79. The Hall–Kier alpha value is -0.600. The first-order chi connectivity index (χ1) is 8.09. The number of aliphatic hydroxyl groups is 2. The molecule has 10 atom stereocenters. The van der Waals surface area contributed by atoms with E-state index in [-0.39, 0.29) is 23.7 Å². The molecule has 5 fully saturated rings. The van der Waals surface area contributed by atoms with Gasteiger partial charge in [0.05, 0.1) is 11.2 Å². The van der Waals surface area contributed by atoms with Gasteiger partial charge in [-0.05, 0) is 30.1 Å². The molecule has 0 spiro atoms. The molecule has 90 valence electrons. The maximum absolute atomic E-state index is 10.9. The van der Waals surface area contributed by atoms with Crippen LogP contribution in [0.2, 0.25) is 0 Å². The fourth-order valence-corrected chi connectivity index (χ4v) is 7.29. The summed E-state index contributed by atoms with van der Waals surface area (Å²) in [5.41, 5.74) is -1.39. The molecule has 5 aliphatic carbocycles. The average Bonchev–Trinajstić information content (AvgIpc) is 2.79. The largest absolute Gasteiger partial charge is 0.385 e. The quantitative estimate of drug-likeness (QED) is 0.700. The first kappa shape index (κ1) is 9.35. The molecule has 0 aromatic heterocycles. The van der Waals surface area contributed by atoms with E-state index >= 15 is 0 Å². The summed E-state index contributed by atoms with van der Waals surface area (Å²) >= 11 is 0. The van der Waals surface area contributed by atoms with Crippen LogP contribution in [0.15, 0.2) is 25.3 Å². The van der Waals surface area contributed by atoms with Crippen molar-refractivity contribution in [3.8, 4) is 0 Å². The van der Waals surface area contributed by atoms with Crippen LogP contribution in [-0.4, -0.2) is 21.4 Å². The van der Waals surface area contributed by atoms with E-state index in [1.54, 1.807) is 12.2 Å². The van der Waals surface area contributed by atoms with E-state index in [1.807, 2.05) is 0 Å². The van der Waals surface area contributed by atoms with Crippen molar-refractivity contribution in [3.05, 3.63) is 25.3 Å². The Bertz CT molecular complexity index is 426. The van der Waals surface area contributed by atoms with Gasteiger partial charge in [0.1, 0.15) is 0 Å². The lowest BCUT2D eigenvalue weighted by Gasteiger charge is -2.56. The summed E-state index contributed by atoms with van der Waals surface area (Å²) in [4.78, 5) is 0. The fourth-order valence-electron chi connectivity index (χ4n) is 7.29. The van der Waals surface area contributed by atoms with E-state index in [4.69, 9.17) is 0 Å². The van der Waals surface area contributed by atoms with Crippen LogP contribution in [0.1, 0.15) is 6.42 Å². The van der Waals surface area contributed by atoms with Crippen molar-refractivity contribution < 1.29 is 10.2 Å². The SMILES string of the molecule is C=CC1(O)C2C3CC4C5C3C1C5C(O)(C=C)C42. The molecule has 2 heteroatoms. The van der Waals surface area contributed by atoms with Crippen molar-refractivity contribution in [1.29, 1.82) is 0 Å². The molecule has 2 N–H and O–H groups in total. The molecule has 0 aromatic carbocycles. The highest BCUT2D eigenvalue weighted by Crippen LogP contribution is 2.87. The van der Waals surface area contributed by atoms with Crippen LogP contribution < -0.4 is 0 Å². The molecule has 5 rings (SSSR count). The molecule has 0 amide bonds. The molecule has 2 bridgehead atoms. The summed E-state index contributed by atoms with van der Waals surface area (Å²) in [5, 5.41) is 21.9. The van der Waals surface area contributed by atoms with Gasteiger partial charge in [0.25, 0.3) is 0 Å². The number of fused-ring (bicyclic) bond motifs is 2. The average molecular weight is 230 g/mol. The van der Waals surface area contributed by atoms with Crippen molar-refractivity contribution in [1.82, 2.24) is 0 Å². The van der Waals surface area contributed by atoms with Crippen molar-refractivity contribution in [2.24, 2.45) is 47.3 Å². The molecule has 10 unspecified atom stereocenters. The highest BCUT2D eigenvalue weighted by atomic mass is 16.3. The molecular formula is C15H18O2. The van der Waals surface area contributed by atoms with Crippen molar-refractivity contribution in [3.63, 3.8) is 0 Å². The third kappa shape index (κ3) is 0.574. The van der Waals surface area contributed by atoms with E-state index in [2.05, 4.69) is 13.2 Å². The standard InChI is InChI=1S/C15H18O2/c1-3-14(16)10-6-5-7-9-8(6)12(14)13(9)15(17,4-2)11(7)10/h3-4,6-13,16-17H,1-2,5H2. The first-order valence-corrected chi connectivity index (χ1v) is 6.81. The minimum atomic E-state index is -0.693. The molecular weight excluding hydrogens is 212 g/mol. The van der Waals surface area contributed by atoms with Crippen LogP contribution in [0.25, 0.3) is 0 Å². The maximum atomic E-state index is 10.9. The summed E-state index contributed by atoms with van der Waals surface area (Å²) in [5.74, 6) is 3.64. The van der Waals surface area contributed by atoms with E-state index in [0.717, 1.165) is 0 Å². The van der Waals surface area contributed by atoms with Gasteiger partial charge in [0, 0.05) is 23.7 Å². The summed E-state index contributed by atoms with van der Waals surface area (Å²) in [6.45, 7) is 7.75. The van der Waals surface area contributed by atoms with E-state index in [1.165, 1.54) is 6.42 Å². The molecule has 0 radical (unpaired) electrons. The Morgan fingerprint density at radius 1 is 0.824 bits per heavy atom. The van der Waals surface area contributed by atoms with Crippen LogP contribution in [0.5, 0.6) is 0 Å². The second-order valence-electron chi connectivity index (χ2n) is 7.00. The Morgan fingerprint density at radius 3 is 1.59 bits per heavy atom. The second kappa shape index (κ2) is 2.17. The molecule has 5 saturated carbocycles. The number of hydrogen-bond acceptors (Lipinski definition) is 2. The van der Waals surface area contributed by atoms with Crippen LogP contribution in [0.4, 0.5) is 0 Å². The summed E-state index contributed by atoms with van der Waals surface area (Å²) in [7, 11) is 0. The highest BCUT2D eigenvalue weighted by molar-refractivity contribution is 5.42. The molecule has 5 aliphatic rings. The first-order valence-electron chi connectivity index (χ1n) is 6.81. The zero-order valence-electron chi connectivity index (χ0n) is 9.79. The summed E-state index contributed by atoms with van der Waals surface area (Å²) in [6, 6.07) is 0. The minimum absolute atomic E-state index is 0.248. The van der Waals surface area contributed by atoms with Crippen molar-refractivity contribution in [2.75, 3.05) is 0 Å². The predicted molar refractivity (Wildman–Crippen MR) is 62.8 cm³/mol. The van der Waals surface area contributed by atoms with Gasteiger partial charge in [-0.2, -0.15) is 0 Å². The molecule has 2 nitrogen and oxygen atoms in total. The van der Waals surface area contributed by atoms with E-state index in [9.17, 15) is 10.2 Å². The molecule has 0 aliphatic heterocycles. The van der Waals surface area contributed by atoms with Crippen molar-refractivity contribution >= 4 is 0 Å². The van der Waals surface area contributed by atoms with Crippen molar-refractivity contribution in [2.45, 2.75) is 17.6 Å². The molecule has 17 heavy (non-hydrogen) atoms. The monoisotopic (exact) mass is 230 g/mol. The Morgan fingerprint density at radius 2 is 1.24 bits per heavy atom. The minimum Gasteiger partial charge on any atom is -0.385 e. The normalized spacial score (nSPS) is 76.4. The van der Waals surface area contributed by atoms with Crippen LogP contribution >= 0.6 is 0 Å². The lowest BCUT2D eigenvalue weighted by Crippen LogP contribution is -2.62. The van der Waals surface area contributed by atoms with E-state index < -0.39 is 11.2 Å². The maximum Gasteiger partial charge on any atom is 0.0894 e. The van der Waals surface area contributed by atoms with Gasteiger partial charge in [0.15, 0.2) is 0 Å². The Labute approximate surface area is 101 Å². The lowest BCUT2D eigenvalue weighted by molar-refractivity contribution is -0.177. The van der Waals surface area contributed by atoms with Crippen LogP contribution in [0.3, 0.4) is 0 Å². The Balaban J connectivity index is 1.80. The topological polar surface area (TPSA) is 40.5 Å². The smallest absolute Gasteiger partial charge is 0.0894 e. The van der Waals surface area contributed by atoms with Crippen LogP contribution in [-0.2, 0) is 0 Å². The van der Waals surface area contributed by atoms with E-state index in [0.29, 0.717) is 23.7 Å². The summed E-state index contributed by atoms with van der Waals surface area (Å²) < 4.78 is 0. The Kier molecular flexibility index (Phi) is 1.19. The van der Waals surface area contributed by atoms with Gasteiger partial charge in [-0.25, -0.2) is 0 Å². The van der Waals surface area contributed by atoms with Crippen LogP contribution in [0, 0.1) is 47.3 Å². The lowest BCUT2D eigenvalue weighted by atomic mass is 9.52. The van der Waals surface area contributed by atoms with Gasteiger partial charge in [-0.3, -0.25) is 0 Å². The van der Waals surface area contributed by atoms with Gasteiger partial charge >= 0.3 is 0 Å². The number of hydrogen-bond donors (Lipinski definition) is 2. The summed E-state index contributed by atoms with van der Waals surface area (Å²) in [6.07, 6.45) is 4.79.